The number of methoxy groups -OCH3 is 4. The van der Waals surface area contributed by atoms with Crippen LogP contribution in [0.4, 0.5) is 5.69 Å². The van der Waals surface area contributed by atoms with E-state index in [4.69, 9.17) is 30.5 Å². The molecule has 4 rings (SSSR count). The predicted molar refractivity (Wildman–Crippen MR) is 180 cm³/mol. The zero-order valence-corrected chi connectivity index (χ0v) is 28.9. The standard InChI is InChI=1S/C34H42ClN3O8S/c1-6-28(34(40)36-25-11-7-8-12-25)37(21-23-10-9-13-26(18-23)43-2)33(39)22-38(29-19-24(35)14-16-30(29)44-3)47(41,42)27-15-17-31(45-4)32(20-27)46-5/h9-10,13-20,25,28H,6-8,11-12,21-22H2,1-5H3,(H,36,40). The van der Waals surface area contributed by atoms with Gasteiger partial charge in [0.1, 0.15) is 24.1 Å². The van der Waals surface area contributed by atoms with Gasteiger partial charge in [0.15, 0.2) is 11.5 Å². The predicted octanol–water partition coefficient (Wildman–Crippen LogP) is 5.44. The number of nitrogens with one attached hydrogen (secondary N) is 1. The largest absolute Gasteiger partial charge is 0.497 e. The Bertz CT molecular complexity index is 1660. The Morgan fingerprint density at radius 2 is 1.57 bits per heavy atom. The highest BCUT2D eigenvalue weighted by molar-refractivity contribution is 7.92. The van der Waals surface area contributed by atoms with Crippen LogP contribution in [0.5, 0.6) is 23.0 Å². The molecule has 0 spiro atoms. The third-order valence-corrected chi connectivity index (χ3v) is 10.2. The lowest BCUT2D eigenvalue weighted by molar-refractivity contribution is -0.140. The van der Waals surface area contributed by atoms with Crippen molar-refractivity contribution in [1.82, 2.24) is 10.2 Å². The van der Waals surface area contributed by atoms with Crippen molar-refractivity contribution in [3.63, 3.8) is 0 Å². The molecule has 47 heavy (non-hydrogen) atoms. The van der Waals surface area contributed by atoms with E-state index < -0.39 is 28.5 Å². The molecule has 0 radical (unpaired) electrons. The van der Waals surface area contributed by atoms with Crippen molar-refractivity contribution in [3.8, 4) is 23.0 Å². The van der Waals surface area contributed by atoms with E-state index in [1.54, 1.807) is 31.4 Å². The summed E-state index contributed by atoms with van der Waals surface area (Å²) in [6.45, 7) is 1.19. The van der Waals surface area contributed by atoms with Crippen molar-refractivity contribution in [3.05, 3.63) is 71.2 Å². The fourth-order valence-corrected chi connectivity index (χ4v) is 7.33. The normalized spacial score (nSPS) is 13.8. The molecule has 0 saturated heterocycles. The Balaban J connectivity index is 1.81. The molecular formula is C34H42ClN3O8S. The van der Waals surface area contributed by atoms with Crippen LogP contribution in [0.2, 0.25) is 5.02 Å². The number of benzene rings is 3. The number of ether oxygens (including phenoxy) is 4. The van der Waals surface area contributed by atoms with Crippen molar-refractivity contribution in [2.24, 2.45) is 0 Å². The number of amides is 2. The van der Waals surface area contributed by atoms with Crippen molar-refractivity contribution in [2.75, 3.05) is 39.3 Å². The van der Waals surface area contributed by atoms with E-state index in [2.05, 4.69) is 5.32 Å². The van der Waals surface area contributed by atoms with Gasteiger partial charge in [-0.05, 0) is 67.3 Å². The van der Waals surface area contributed by atoms with Gasteiger partial charge in [-0.1, -0.05) is 43.5 Å². The monoisotopic (exact) mass is 687 g/mol. The lowest BCUT2D eigenvalue weighted by Gasteiger charge is -2.34. The van der Waals surface area contributed by atoms with Gasteiger partial charge in [0, 0.05) is 23.7 Å². The zero-order chi connectivity index (χ0) is 34.1. The minimum Gasteiger partial charge on any atom is -0.497 e. The first-order valence-electron chi connectivity index (χ1n) is 15.4. The molecule has 13 heteroatoms. The number of nitrogens with zero attached hydrogens (tertiary/aromatic N) is 2. The summed E-state index contributed by atoms with van der Waals surface area (Å²) < 4.78 is 51.4. The number of hydrogen-bond donors (Lipinski definition) is 1. The van der Waals surface area contributed by atoms with Crippen LogP contribution >= 0.6 is 11.6 Å². The third kappa shape index (κ3) is 8.41. The molecule has 1 N–H and O–H groups in total. The average Bonchev–Trinajstić information content (AvgIpc) is 3.59. The number of carbonyl (C=O) groups is 2. The summed E-state index contributed by atoms with van der Waals surface area (Å²) in [5.41, 5.74) is 0.757. The molecule has 0 aromatic heterocycles. The van der Waals surface area contributed by atoms with Gasteiger partial charge < -0.3 is 29.2 Å². The maximum Gasteiger partial charge on any atom is 0.265 e. The second kappa shape index (κ2) is 16.1. The van der Waals surface area contributed by atoms with Crippen LogP contribution in [0.1, 0.15) is 44.6 Å². The molecule has 1 saturated carbocycles. The molecule has 1 atom stereocenters. The zero-order valence-electron chi connectivity index (χ0n) is 27.3. The third-order valence-electron chi connectivity index (χ3n) is 8.21. The minimum absolute atomic E-state index is 0.0305. The van der Waals surface area contributed by atoms with E-state index in [1.807, 2.05) is 13.0 Å². The molecule has 1 aliphatic carbocycles. The number of sulfonamides is 1. The van der Waals surface area contributed by atoms with Crippen molar-refractivity contribution < 1.29 is 37.0 Å². The Morgan fingerprint density at radius 1 is 0.894 bits per heavy atom. The molecule has 0 aliphatic heterocycles. The first kappa shape index (κ1) is 35.7. The van der Waals surface area contributed by atoms with Crippen LogP contribution in [-0.4, -0.2) is 72.2 Å². The molecule has 0 bridgehead atoms. The molecule has 2 amide bonds. The van der Waals surface area contributed by atoms with Crippen LogP contribution in [0.15, 0.2) is 65.6 Å². The van der Waals surface area contributed by atoms with E-state index in [-0.39, 0.29) is 45.6 Å². The maximum absolute atomic E-state index is 14.5. The highest BCUT2D eigenvalue weighted by Gasteiger charge is 2.36. The van der Waals surface area contributed by atoms with E-state index in [0.717, 1.165) is 30.0 Å². The van der Waals surface area contributed by atoms with Crippen LogP contribution in [0, 0.1) is 0 Å². The lowest BCUT2D eigenvalue weighted by Crippen LogP contribution is -2.53. The Labute approximate surface area is 281 Å². The van der Waals surface area contributed by atoms with Crippen molar-refractivity contribution >= 4 is 39.1 Å². The molecule has 1 unspecified atom stereocenters. The lowest BCUT2D eigenvalue weighted by atomic mass is 10.1. The summed E-state index contributed by atoms with van der Waals surface area (Å²) in [6, 6.07) is 15.0. The number of hydrogen-bond acceptors (Lipinski definition) is 8. The quantitative estimate of drug-likeness (QED) is 0.224. The highest BCUT2D eigenvalue weighted by atomic mass is 35.5. The molecular weight excluding hydrogens is 646 g/mol. The molecule has 3 aromatic rings. The Hall–Kier alpha value is -4.16. The van der Waals surface area contributed by atoms with E-state index >= 15 is 0 Å². The average molecular weight is 688 g/mol. The number of rotatable bonds is 15. The number of carbonyl (C=O) groups excluding carboxylic acids is 2. The maximum atomic E-state index is 14.5. The van der Waals surface area contributed by atoms with Gasteiger partial charge in [-0.2, -0.15) is 0 Å². The second-order valence-electron chi connectivity index (χ2n) is 11.1. The number of anilines is 1. The SMILES string of the molecule is CCC(C(=O)NC1CCCC1)N(Cc1cccc(OC)c1)C(=O)CN(c1cc(Cl)ccc1OC)S(=O)(=O)c1ccc(OC)c(OC)c1. The van der Waals surface area contributed by atoms with Gasteiger partial charge in [0.2, 0.25) is 11.8 Å². The van der Waals surface area contributed by atoms with Crippen LogP contribution in [-0.2, 0) is 26.2 Å². The summed E-state index contributed by atoms with van der Waals surface area (Å²) in [4.78, 5) is 29.5. The fourth-order valence-electron chi connectivity index (χ4n) is 5.73. The van der Waals surface area contributed by atoms with Crippen LogP contribution in [0.25, 0.3) is 0 Å². The molecule has 1 aliphatic rings. The summed E-state index contributed by atoms with van der Waals surface area (Å²) >= 11 is 6.36. The van der Waals surface area contributed by atoms with E-state index in [1.165, 1.54) is 56.6 Å². The molecule has 0 heterocycles. The fraction of sp³-hybridized carbons (Fsp3) is 0.412. The van der Waals surface area contributed by atoms with Gasteiger partial charge in [-0.3, -0.25) is 13.9 Å². The van der Waals surface area contributed by atoms with E-state index in [9.17, 15) is 18.0 Å². The minimum atomic E-state index is -4.45. The summed E-state index contributed by atoms with van der Waals surface area (Å²) in [5, 5.41) is 3.34. The van der Waals surface area contributed by atoms with Gasteiger partial charge in [0.25, 0.3) is 10.0 Å². The van der Waals surface area contributed by atoms with Gasteiger partial charge in [-0.15, -0.1) is 0 Å². The second-order valence-corrected chi connectivity index (χ2v) is 13.4. The Kier molecular flexibility index (Phi) is 12.2. The van der Waals surface area contributed by atoms with Crippen LogP contribution < -0.4 is 28.6 Å². The summed E-state index contributed by atoms with van der Waals surface area (Å²) in [7, 11) is 1.32. The molecule has 11 nitrogen and oxygen atoms in total. The molecule has 1 fully saturated rings. The molecule has 254 valence electrons. The first-order chi connectivity index (χ1) is 22.6. The van der Waals surface area contributed by atoms with Crippen molar-refractivity contribution in [2.45, 2.75) is 62.6 Å². The topological polar surface area (TPSA) is 124 Å². The van der Waals surface area contributed by atoms with Gasteiger partial charge in [-0.25, -0.2) is 8.42 Å². The first-order valence-corrected chi connectivity index (χ1v) is 17.2. The summed E-state index contributed by atoms with van der Waals surface area (Å²) in [5.74, 6) is 0.388. The van der Waals surface area contributed by atoms with E-state index in [0.29, 0.717) is 23.5 Å². The smallest absolute Gasteiger partial charge is 0.265 e. The number of halogens is 1. The summed E-state index contributed by atoms with van der Waals surface area (Å²) in [6.07, 6.45) is 4.10. The highest BCUT2D eigenvalue weighted by Crippen LogP contribution is 2.37. The Morgan fingerprint density at radius 3 is 2.21 bits per heavy atom. The van der Waals surface area contributed by atoms with Gasteiger partial charge in [0.05, 0.1) is 39.0 Å². The van der Waals surface area contributed by atoms with Crippen LogP contribution in [0.3, 0.4) is 0 Å². The van der Waals surface area contributed by atoms with Gasteiger partial charge >= 0.3 is 0 Å². The molecule has 3 aromatic carbocycles. The van der Waals surface area contributed by atoms with Crippen molar-refractivity contribution in [1.29, 1.82) is 0 Å².